The minimum absolute atomic E-state index is 0.305. The molecule has 0 spiro atoms. The Morgan fingerprint density at radius 2 is 2.07 bits per heavy atom. The topological polar surface area (TPSA) is 84.9 Å². The Balaban J connectivity index is 2.30. The molecule has 1 unspecified atom stereocenters. The van der Waals surface area contributed by atoms with Gasteiger partial charge in [0.1, 0.15) is 6.04 Å². The molecule has 15 heavy (non-hydrogen) atoms. The van der Waals surface area contributed by atoms with E-state index in [4.69, 9.17) is 14.6 Å². The molecule has 1 aliphatic rings. The lowest BCUT2D eigenvalue weighted by Gasteiger charge is -2.15. The zero-order valence-corrected chi connectivity index (χ0v) is 8.56. The molecule has 0 aliphatic carbocycles. The first-order valence-electron chi connectivity index (χ1n) is 4.82. The van der Waals surface area contributed by atoms with Gasteiger partial charge in [-0.15, -0.1) is 0 Å². The highest BCUT2D eigenvalue weighted by Gasteiger charge is 2.22. The summed E-state index contributed by atoms with van der Waals surface area (Å²) in [6, 6.07) is -0.865. The molecule has 1 rings (SSSR count). The number of carboxylic acids is 1. The average molecular weight is 217 g/mol. The molecule has 0 bridgehead atoms. The number of ether oxygens (including phenoxy) is 2. The van der Waals surface area contributed by atoms with Crippen LogP contribution in [0.2, 0.25) is 0 Å². The monoisotopic (exact) mass is 217 g/mol. The minimum atomic E-state index is -1.04. The predicted octanol–water partition coefficient (Wildman–Crippen LogP) is -0.271. The van der Waals surface area contributed by atoms with Crippen molar-refractivity contribution in [1.29, 1.82) is 0 Å². The van der Waals surface area contributed by atoms with Crippen molar-refractivity contribution in [1.82, 2.24) is 5.32 Å². The molecule has 1 atom stereocenters. The molecule has 6 nitrogen and oxygen atoms in total. The molecule has 1 saturated heterocycles. The molecule has 2 N–H and O–H groups in total. The van der Waals surface area contributed by atoms with Crippen LogP contribution in [0.15, 0.2) is 0 Å². The molecule has 0 aromatic heterocycles. The molecule has 0 aromatic rings. The normalized spacial score (nSPS) is 18.7. The first-order chi connectivity index (χ1) is 7.09. The molecule has 0 saturated carbocycles. The van der Waals surface area contributed by atoms with Crippen LogP contribution in [-0.2, 0) is 19.1 Å². The summed E-state index contributed by atoms with van der Waals surface area (Å²) in [7, 11) is 0. The Morgan fingerprint density at radius 3 is 2.53 bits per heavy atom. The van der Waals surface area contributed by atoms with Crippen molar-refractivity contribution in [3.63, 3.8) is 0 Å². The van der Waals surface area contributed by atoms with Crippen LogP contribution in [-0.4, -0.2) is 42.5 Å². The van der Waals surface area contributed by atoms with Gasteiger partial charge < -0.3 is 19.9 Å². The maximum atomic E-state index is 10.7. The summed E-state index contributed by atoms with van der Waals surface area (Å²) < 4.78 is 10.3. The van der Waals surface area contributed by atoms with E-state index in [-0.39, 0.29) is 12.2 Å². The van der Waals surface area contributed by atoms with Crippen LogP contribution in [0.4, 0.5) is 0 Å². The van der Waals surface area contributed by atoms with Gasteiger partial charge in [0.15, 0.2) is 6.29 Å². The van der Waals surface area contributed by atoms with Crippen LogP contribution >= 0.6 is 0 Å². The second kappa shape index (κ2) is 5.67. The first kappa shape index (κ1) is 11.9. The highest BCUT2D eigenvalue weighted by Crippen LogP contribution is 2.11. The number of amides is 1. The Labute approximate surface area is 87.5 Å². The molecule has 0 aromatic carbocycles. The van der Waals surface area contributed by atoms with Gasteiger partial charge in [0, 0.05) is 13.3 Å². The number of hydrogen-bond donors (Lipinski definition) is 2. The Bertz CT molecular complexity index is 237. The van der Waals surface area contributed by atoms with E-state index in [1.54, 1.807) is 0 Å². The third-order valence-electron chi connectivity index (χ3n) is 2.06. The van der Waals surface area contributed by atoms with Gasteiger partial charge >= 0.3 is 5.97 Å². The SMILES string of the molecule is CC(=O)NC(CCC1OCCO1)C(=O)O. The van der Waals surface area contributed by atoms with Crippen molar-refractivity contribution < 1.29 is 24.2 Å². The third-order valence-corrected chi connectivity index (χ3v) is 2.06. The van der Waals surface area contributed by atoms with Crippen molar-refractivity contribution >= 4 is 11.9 Å². The van der Waals surface area contributed by atoms with E-state index in [2.05, 4.69) is 5.32 Å². The van der Waals surface area contributed by atoms with Crippen LogP contribution in [0, 0.1) is 0 Å². The van der Waals surface area contributed by atoms with Gasteiger partial charge in [-0.2, -0.15) is 0 Å². The molecule has 86 valence electrons. The van der Waals surface area contributed by atoms with Gasteiger partial charge in [-0.05, 0) is 6.42 Å². The van der Waals surface area contributed by atoms with Gasteiger partial charge in [0.2, 0.25) is 5.91 Å². The number of rotatable bonds is 5. The minimum Gasteiger partial charge on any atom is -0.480 e. The molecular formula is C9H15NO5. The van der Waals surface area contributed by atoms with E-state index in [0.29, 0.717) is 26.1 Å². The van der Waals surface area contributed by atoms with E-state index in [1.807, 2.05) is 0 Å². The quantitative estimate of drug-likeness (QED) is 0.662. The van der Waals surface area contributed by atoms with Crippen LogP contribution in [0.3, 0.4) is 0 Å². The maximum absolute atomic E-state index is 10.7. The third kappa shape index (κ3) is 4.26. The Hall–Kier alpha value is -1.14. The maximum Gasteiger partial charge on any atom is 0.326 e. The fraction of sp³-hybridized carbons (Fsp3) is 0.778. The fourth-order valence-corrected chi connectivity index (χ4v) is 1.38. The highest BCUT2D eigenvalue weighted by atomic mass is 16.7. The van der Waals surface area contributed by atoms with Crippen molar-refractivity contribution in [3.05, 3.63) is 0 Å². The zero-order chi connectivity index (χ0) is 11.3. The summed E-state index contributed by atoms with van der Waals surface area (Å²) in [5.41, 5.74) is 0. The lowest BCUT2D eigenvalue weighted by molar-refractivity contribution is -0.142. The Morgan fingerprint density at radius 1 is 1.47 bits per heavy atom. The molecule has 6 heteroatoms. The molecule has 1 aliphatic heterocycles. The van der Waals surface area contributed by atoms with Crippen molar-refractivity contribution in [2.45, 2.75) is 32.1 Å². The largest absolute Gasteiger partial charge is 0.480 e. The summed E-state index contributed by atoms with van der Waals surface area (Å²) in [5, 5.41) is 11.2. The summed E-state index contributed by atoms with van der Waals surface area (Å²) in [4.78, 5) is 21.5. The smallest absolute Gasteiger partial charge is 0.326 e. The summed E-state index contributed by atoms with van der Waals surface area (Å²) in [6.07, 6.45) is 0.442. The second-order valence-corrected chi connectivity index (χ2v) is 3.34. The van der Waals surface area contributed by atoms with Gasteiger partial charge in [0.25, 0.3) is 0 Å². The molecule has 1 amide bonds. The second-order valence-electron chi connectivity index (χ2n) is 3.34. The number of nitrogens with one attached hydrogen (secondary N) is 1. The van der Waals surface area contributed by atoms with Gasteiger partial charge in [-0.25, -0.2) is 4.79 Å². The van der Waals surface area contributed by atoms with E-state index < -0.39 is 12.0 Å². The molecule has 1 fully saturated rings. The predicted molar refractivity (Wildman–Crippen MR) is 50.2 cm³/mol. The van der Waals surface area contributed by atoms with Crippen LogP contribution < -0.4 is 5.32 Å². The van der Waals surface area contributed by atoms with Gasteiger partial charge in [0.05, 0.1) is 13.2 Å². The first-order valence-corrected chi connectivity index (χ1v) is 4.82. The van der Waals surface area contributed by atoms with Crippen molar-refractivity contribution in [2.24, 2.45) is 0 Å². The number of hydrogen-bond acceptors (Lipinski definition) is 4. The average Bonchev–Trinajstić information content (AvgIpc) is 2.63. The summed E-state index contributed by atoms with van der Waals surface area (Å²) in [5.74, 6) is -1.39. The van der Waals surface area contributed by atoms with E-state index in [9.17, 15) is 9.59 Å². The zero-order valence-electron chi connectivity index (χ0n) is 8.56. The lowest BCUT2D eigenvalue weighted by Crippen LogP contribution is -2.40. The van der Waals surface area contributed by atoms with Gasteiger partial charge in [-0.3, -0.25) is 4.79 Å². The van der Waals surface area contributed by atoms with E-state index in [1.165, 1.54) is 6.92 Å². The summed E-state index contributed by atoms with van der Waals surface area (Å²) >= 11 is 0. The lowest BCUT2D eigenvalue weighted by atomic mass is 10.1. The van der Waals surface area contributed by atoms with Crippen molar-refractivity contribution in [2.75, 3.05) is 13.2 Å². The molecule has 1 heterocycles. The molecular weight excluding hydrogens is 202 g/mol. The summed E-state index contributed by atoms with van der Waals surface area (Å²) in [6.45, 7) is 2.38. The Kier molecular flexibility index (Phi) is 4.51. The van der Waals surface area contributed by atoms with E-state index >= 15 is 0 Å². The number of carboxylic acid groups (broad SMARTS) is 1. The number of aliphatic carboxylic acids is 1. The van der Waals surface area contributed by atoms with E-state index in [0.717, 1.165) is 0 Å². The van der Waals surface area contributed by atoms with Crippen LogP contribution in [0.5, 0.6) is 0 Å². The number of carbonyl (C=O) groups excluding carboxylic acids is 1. The van der Waals surface area contributed by atoms with Crippen molar-refractivity contribution in [3.8, 4) is 0 Å². The highest BCUT2D eigenvalue weighted by molar-refractivity contribution is 5.81. The van der Waals surface area contributed by atoms with Crippen LogP contribution in [0.25, 0.3) is 0 Å². The number of carbonyl (C=O) groups is 2. The molecule has 0 radical (unpaired) electrons. The van der Waals surface area contributed by atoms with Crippen LogP contribution in [0.1, 0.15) is 19.8 Å². The van der Waals surface area contributed by atoms with Gasteiger partial charge in [-0.1, -0.05) is 0 Å². The fourth-order valence-electron chi connectivity index (χ4n) is 1.38. The standard InChI is InChI=1S/C9H15NO5/c1-6(11)10-7(9(12)13)2-3-8-14-4-5-15-8/h7-8H,2-5H2,1H3,(H,10,11)(H,12,13).